The molecule has 5 heteroatoms. The van der Waals surface area contributed by atoms with Crippen LogP contribution in [0.25, 0.3) is 0 Å². The first kappa shape index (κ1) is 12.5. The minimum absolute atomic E-state index is 0.627. The SMILES string of the molecule is CCCc1noc(CN2CCCC(CN)C2)n1. The second kappa shape index (κ2) is 6.12. The van der Waals surface area contributed by atoms with Gasteiger partial charge in [0.05, 0.1) is 6.54 Å². The van der Waals surface area contributed by atoms with E-state index in [0.717, 1.165) is 50.7 Å². The molecule has 1 saturated heterocycles. The molecule has 1 aromatic rings. The largest absolute Gasteiger partial charge is 0.338 e. The van der Waals surface area contributed by atoms with Gasteiger partial charge in [0.25, 0.3) is 0 Å². The van der Waals surface area contributed by atoms with Crippen LogP contribution >= 0.6 is 0 Å². The number of piperidine rings is 1. The van der Waals surface area contributed by atoms with E-state index in [-0.39, 0.29) is 0 Å². The van der Waals surface area contributed by atoms with Crippen LogP contribution < -0.4 is 5.73 Å². The lowest BCUT2D eigenvalue weighted by Gasteiger charge is -2.30. The number of hydrogen-bond donors (Lipinski definition) is 1. The van der Waals surface area contributed by atoms with Gasteiger partial charge < -0.3 is 10.3 Å². The summed E-state index contributed by atoms with van der Waals surface area (Å²) in [4.78, 5) is 6.76. The summed E-state index contributed by atoms with van der Waals surface area (Å²) in [6.45, 7) is 5.84. The second-order valence-electron chi connectivity index (χ2n) is 4.83. The molecule has 1 unspecified atom stereocenters. The van der Waals surface area contributed by atoms with E-state index in [1.807, 2.05) is 0 Å². The highest BCUT2D eigenvalue weighted by Gasteiger charge is 2.20. The summed E-state index contributed by atoms with van der Waals surface area (Å²) >= 11 is 0. The highest BCUT2D eigenvalue weighted by molar-refractivity contribution is 4.87. The van der Waals surface area contributed by atoms with Crippen LogP contribution in [0.5, 0.6) is 0 Å². The van der Waals surface area contributed by atoms with Crippen LogP contribution in [0.3, 0.4) is 0 Å². The first-order valence-corrected chi connectivity index (χ1v) is 6.55. The van der Waals surface area contributed by atoms with Crippen LogP contribution in [-0.2, 0) is 13.0 Å². The molecule has 2 N–H and O–H groups in total. The Morgan fingerprint density at radius 1 is 1.53 bits per heavy atom. The van der Waals surface area contributed by atoms with E-state index in [2.05, 4.69) is 22.0 Å². The Morgan fingerprint density at radius 3 is 3.18 bits per heavy atom. The quantitative estimate of drug-likeness (QED) is 0.834. The molecule has 2 heterocycles. The molecule has 1 aromatic heterocycles. The fourth-order valence-electron chi connectivity index (χ4n) is 2.36. The maximum atomic E-state index is 5.72. The van der Waals surface area contributed by atoms with E-state index in [0.29, 0.717) is 5.92 Å². The summed E-state index contributed by atoms with van der Waals surface area (Å²) in [5, 5.41) is 3.97. The van der Waals surface area contributed by atoms with Crippen molar-refractivity contribution in [1.29, 1.82) is 0 Å². The van der Waals surface area contributed by atoms with Gasteiger partial charge in [0.15, 0.2) is 5.82 Å². The molecule has 1 aliphatic rings. The third kappa shape index (κ3) is 3.51. The van der Waals surface area contributed by atoms with Crippen molar-refractivity contribution in [1.82, 2.24) is 15.0 Å². The van der Waals surface area contributed by atoms with Gasteiger partial charge in [-0.05, 0) is 38.3 Å². The van der Waals surface area contributed by atoms with Crippen molar-refractivity contribution in [3.8, 4) is 0 Å². The van der Waals surface area contributed by atoms with Crippen LogP contribution in [0.1, 0.15) is 37.9 Å². The highest BCUT2D eigenvalue weighted by Crippen LogP contribution is 2.17. The number of nitrogens with two attached hydrogens (primary N) is 1. The Kier molecular flexibility index (Phi) is 4.50. The Balaban J connectivity index is 1.86. The molecule has 0 bridgehead atoms. The Labute approximate surface area is 102 Å². The van der Waals surface area contributed by atoms with Crippen molar-refractivity contribution >= 4 is 0 Å². The van der Waals surface area contributed by atoms with Crippen LogP contribution in [0.2, 0.25) is 0 Å². The summed E-state index contributed by atoms with van der Waals surface area (Å²) < 4.78 is 5.25. The highest BCUT2D eigenvalue weighted by atomic mass is 16.5. The number of rotatable bonds is 5. The molecule has 1 atom stereocenters. The lowest BCUT2D eigenvalue weighted by Crippen LogP contribution is -2.37. The van der Waals surface area contributed by atoms with Gasteiger partial charge in [0.1, 0.15) is 0 Å². The zero-order chi connectivity index (χ0) is 12.1. The number of hydrogen-bond acceptors (Lipinski definition) is 5. The molecule has 2 rings (SSSR count). The number of likely N-dealkylation sites (tertiary alicyclic amines) is 1. The Morgan fingerprint density at radius 2 is 2.41 bits per heavy atom. The average molecular weight is 238 g/mol. The van der Waals surface area contributed by atoms with Crippen molar-refractivity contribution in [2.45, 2.75) is 39.2 Å². The van der Waals surface area contributed by atoms with Gasteiger partial charge >= 0.3 is 0 Å². The van der Waals surface area contributed by atoms with Crippen LogP contribution in [0, 0.1) is 5.92 Å². The molecule has 5 nitrogen and oxygen atoms in total. The van der Waals surface area contributed by atoms with Gasteiger partial charge in [-0.2, -0.15) is 4.98 Å². The lowest BCUT2D eigenvalue weighted by molar-refractivity contribution is 0.153. The van der Waals surface area contributed by atoms with Gasteiger partial charge in [0, 0.05) is 13.0 Å². The first-order valence-electron chi connectivity index (χ1n) is 6.55. The third-order valence-electron chi connectivity index (χ3n) is 3.28. The van der Waals surface area contributed by atoms with E-state index < -0.39 is 0 Å². The van der Waals surface area contributed by atoms with Crippen LogP contribution in [0.4, 0.5) is 0 Å². The summed E-state index contributed by atoms with van der Waals surface area (Å²) in [6.07, 6.45) is 4.42. The van der Waals surface area contributed by atoms with E-state index in [1.165, 1.54) is 12.8 Å². The minimum atomic E-state index is 0.627. The molecule has 0 spiro atoms. The van der Waals surface area contributed by atoms with E-state index in [4.69, 9.17) is 10.3 Å². The van der Waals surface area contributed by atoms with Crippen molar-refractivity contribution in [2.75, 3.05) is 19.6 Å². The molecule has 0 aliphatic carbocycles. The zero-order valence-electron chi connectivity index (χ0n) is 10.6. The Bertz CT molecular complexity index is 339. The zero-order valence-corrected chi connectivity index (χ0v) is 10.6. The first-order chi connectivity index (χ1) is 8.31. The normalized spacial score (nSPS) is 21.9. The molecule has 0 saturated carbocycles. The molecule has 96 valence electrons. The fraction of sp³-hybridized carbons (Fsp3) is 0.833. The van der Waals surface area contributed by atoms with Crippen molar-refractivity contribution in [3.05, 3.63) is 11.7 Å². The van der Waals surface area contributed by atoms with Gasteiger partial charge in [0.2, 0.25) is 5.89 Å². The molecule has 1 aliphatic heterocycles. The van der Waals surface area contributed by atoms with E-state index in [1.54, 1.807) is 0 Å². The fourth-order valence-corrected chi connectivity index (χ4v) is 2.36. The summed E-state index contributed by atoms with van der Waals surface area (Å²) in [5.74, 6) is 2.20. The number of nitrogens with zero attached hydrogens (tertiary/aromatic N) is 3. The Hall–Kier alpha value is -0.940. The van der Waals surface area contributed by atoms with Gasteiger partial charge in [-0.25, -0.2) is 0 Å². The van der Waals surface area contributed by atoms with E-state index in [9.17, 15) is 0 Å². The summed E-state index contributed by atoms with van der Waals surface area (Å²) in [5.41, 5.74) is 5.72. The maximum Gasteiger partial charge on any atom is 0.240 e. The molecular weight excluding hydrogens is 216 g/mol. The minimum Gasteiger partial charge on any atom is -0.338 e. The predicted octanol–water partition coefficient (Wildman–Crippen LogP) is 1.19. The molecule has 0 radical (unpaired) electrons. The lowest BCUT2D eigenvalue weighted by atomic mass is 9.98. The number of aryl methyl sites for hydroxylation is 1. The molecule has 0 aromatic carbocycles. The van der Waals surface area contributed by atoms with Crippen LogP contribution in [0.15, 0.2) is 4.52 Å². The van der Waals surface area contributed by atoms with Gasteiger partial charge in [-0.3, -0.25) is 4.90 Å². The van der Waals surface area contributed by atoms with E-state index >= 15 is 0 Å². The third-order valence-corrected chi connectivity index (χ3v) is 3.28. The summed E-state index contributed by atoms with van der Waals surface area (Å²) in [7, 11) is 0. The topological polar surface area (TPSA) is 68.2 Å². The molecule has 1 fully saturated rings. The average Bonchev–Trinajstić information content (AvgIpc) is 2.77. The second-order valence-corrected chi connectivity index (χ2v) is 4.83. The smallest absolute Gasteiger partial charge is 0.240 e. The van der Waals surface area contributed by atoms with Gasteiger partial charge in [-0.1, -0.05) is 12.1 Å². The standard InChI is InChI=1S/C12H22N4O/c1-2-4-11-14-12(17-15-11)9-16-6-3-5-10(7-13)8-16/h10H,2-9,13H2,1H3. The number of aromatic nitrogens is 2. The van der Waals surface area contributed by atoms with Crippen LogP contribution in [-0.4, -0.2) is 34.7 Å². The molecule has 0 amide bonds. The predicted molar refractivity (Wildman–Crippen MR) is 65.3 cm³/mol. The maximum absolute atomic E-state index is 5.72. The van der Waals surface area contributed by atoms with Gasteiger partial charge in [-0.15, -0.1) is 0 Å². The monoisotopic (exact) mass is 238 g/mol. The van der Waals surface area contributed by atoms with Crippen molar-refractivity contribution in [2.24, 2.45) is 11.7 Å². The summed E-state index contributed by atoms with van der Waals surface area (Å²) in [6, 6.07) is 0. The van der Waals surface area contributed by atoms with Crippen molar-refractivity contribution < 1.29 is 4.52 Å². The molecular formula is C12H22N4O. The molecule has 17 heavy (non-hydrogen) atoms. The van der Waals surface area contributed by atoms with Crippen molar-refractivity contribution in [3.63, 3.8) is 0 Å².